The molecule has 2 aromatic rings. The number of phenolic OH excluding ortho intramolecular Hbond substituents is 1. The molecule has 0 saturated heterocycles. The van der Waals surface area contributed by atoms with Crippen LogP contribution in [0.4, 0.5) is 11.5 Å². The van der Waals surface area contributed by atoms with Crippen LogP contribution in [0.2, 0.25) is 0 Å². The Kier molecular flexibility index (Phi) is 3.48. The highest BCUT2D eigenvalue weighted by atomic mass is 79.9. The van der Waals surface area contributed by atoms with Crippen LogP contribution in [0.5, 0.6) is 5.75 Å². The van der Waals surface area contributed by atoms with Gasteiger partial charge in [0.1, 0.15) is 11.6 Å². The average Bonchev–Trinajstić information content (AvgIpc) is 2.63. The molecule has 0 aliphatic carbocycles. The van der Waals surface area contributed by atoms with E-state index in [0.29, 0.717) is 27.2 Å². The first-order valence-electron chi connectivity index (χ1n) is 5.49. The SMILES string of the molecule is CC(=O)Nc1c(O)ccc(Br)c1-c1cc(N)n(C)n1. The molecule has 0 aliphatic heterocycles. The highest BCUT2D eigenvalue weighted by molar-refractivity contribution is 9.10. The molecule has 1 aromatic carbocycles. The third kappa shape index (κ3) is 2.55. The van der Waals surface area contributed by atoms with Gasteiger partial charge >= 0.3 is 0 Å². The summed E-state index contributed by atoms with van der Waals surface area (Å²) in [5.41, 5.74) is 7.21. The van der Waals surface area contributed by atoms with Crippen molar-refractivity contribution in [3.8, 4) is 17.0 Å². The summed E-state index contributed by atoms with van der Waals surface area (Å²) in [6.45, 7) is 1.37. The van der Waals surface area contributed by atoms with Crippen LogP contribution < -0.4 is 11.1 Å². The monoisotopic (exact) mass is 324 g/mol. The highest BCUT2D eigenvalue weighted by Gasteiger charge is 2.17. The van der Waals surface area contributed by atoms with Gasteiger partial charge in [-0.1, -0.05) is 15.9 Å². The van der Waals surface area contributed by atoms with Crippen LogP contribution in [0.15, 0.2) is 22.7 Å². The van der Waals surface area contributed by atoms with Crippen molar-refractivity contribution in [3.05, 3.63) is 22.7 Å². The molecule has 1 aromatic heterocycles. The molecule has 0 saturated carbocycles. The smallest absolute Gasteiger partial charge is 0.221 e. The summed E-state index contributed by atoms with van der Waals surface area (Å²) in [4.78, 5) is 11.2. The van der Waals surface area contributed by atoms with Gasteiger partial charge in [0.15, 0.2) is 0 Å². The summed E-state index contributed by atoms with van der Waals surface area (Å²) in [5.74, 6) is 0.176. The molecule has 1 amide bonds. The van der Waals surface area contributed by atoms with E-state index in [1.54, 1.807) is 19.2 Å². The molecule has 4 N–H and O–H groups in total. The fourth-order valence-electron chi connectivity index (χ4n) is 1.72. The Bertz CT molecular complexity index is 632. The lowest BCUT2D eigenvalue weighted by atomic mass is 10.1. The summed E-state index contributed by atoms with van der Waals surface area (Å²) in [6, 6.07) is 4.84. The molecule has 0 unspecified atom stereocenters. The average molecular weight is 325 g/mol. The number of amides is 1. The van der Waals surface area contributed by atoms with Gasteiger partial charge in [0.2, 0.25) is 5.91 Å². The van der Waals surface area contributed by atoms with E-state index in [1.165, 1.54) is 17.7 Å². The van der Waals surface area contributed by atoms with Gasteiger partial charge in [-0.25, -0.2) is 0 Å². The van der Waals surface area contributed by atoms with E-state index in [0.717, 1.165) is 0 Å². The molecule has 19 heavy (non-hydrogen) atoms. The van der Waals surface area contributed by atoms with E-state index in [9.17, 15) is 9.90 Å². The van der Waals surface area contributed by atoms with Gasteiger partial charge in [0.05, 0.1) is 11.4 Å². The normalized spacial score (nSPS) is 10.5. The van der Waals surface area contributed by atoms with Crippen molar-refractivity contribution >= 4 is 33.3 Å². The maximum atomic E-state index is 11.2. The van der Waals surface area contributed by atoms with Crippen LogP contribution >= 0.6 is 15.9 Å². The summed E-state index contributed by atoms with van der Waals surface area (Å²) < 4.78 is 2.22. The third-order valence-electron chi connectivity index (χ3n) is 2.61. The summed E-state index contributed by atoms with van der Waals surface area (Å²) in [5, 5.41) is 16.8. The second-order valence-corrected chi connectivity index (χ2v) is 4.93. The minimum Gasteiger partial charge on any atom is -0.506 e. The fraction of sp³-hybridized carbons (Fsp3) is 0.167. The van der Waals surface area contributed by atoms with Crippen molar-refractivity contribution in [2.24, 2.45) is 7.05 Å². The minimum absolute atomic E-state index is 0.0300. The van der Waals surface area contributed by atoms with E-state index >= 15 is 0 Å². The second-order valence-electron chi connectivity index (χ2n) is 4.08. The van der Waals surface area contributed by atoms with E-state index in [2.05, 4.69) is 26.3 Å². The zero-order valence-corrected chi connectivity index (χ0v) is 12.0. The topological polar surface area (TPSA) is 93.2 Å². The first kappa shape index (κ1) is 13.4. The Morgan fingerprint density at radius 1 is 1.53 bits per heavy atom. The number of aryl methyl sites for hydroxylation is 1. The molecule has 0 fully saturated rings. The van der Waals surface area contributed by atoms with Gasteiger partial charge in [-0.2, -0.15) is 5.10 Å². The highest BCUT2D eigenvalue weighted by Crippen LogP contribution is 2.40. The van der Waals surface area contributed by atoms with E-state index in [-0.39, 0.29) is 11.7 Å². The van der Waals surface area contributed by atoms with Crippen LogP contribution in [0, 0.1) is 0 Å². The molecule has 0 aliphatic rings. The number of phenols is 1. The third-order valence-corrected chi connectivity index (χ3v) is 3.27. The maximum absolute atomic E-state index is 11.2. The summed E-state index contributed by atoms with van der Waals surface area (Å²) in [6.07, 6.45) is 0. The number of aromatic nitrogens is 2. The van der Waals surface area contributed by atoms with Crippen LogP contribution in [-0.2, 0) is 11.8 Å². The number of carbonyl (C=O) groups excluding carboxylic acids is 1. The Morgan fingerprint density at radius 2 is 2.21 bits per heavy atom. The van der Waals surface area contributed by atoms with Crippen LogP contribution in [0.25, 0.3) is 11.3 Å². The van der Waals surface area contributed by atoms with Crippen molar-refractivity contribution in [1.29, 1.82) is 0 Å². The minimum atomic E-state index is -0.279. The van der Waals surface area contributed by atoms with Crippen molar-refractivity contribution in [1.82, 2.24) is 9.78 Å². The Morgan fingerprint density at radius 3 is 2.74 bits per heavy atom. The number of nitrogens with zero attached hydrogens (tertiary/aromatic N) is 2. The van der Waals surface area contributed by atoms with Crippen LogP contribution in [0.3, 0.4) is 0 Å². The van der Waals surface area contributed by atoms with Gasteiger partial charge in [0.25, 0.3) is 0 Å². The molecule has 0 bridgehead atoms. The Labute approximate surface area is 118 Å². The second kappa shape index (κ2) is 4.93. The number of halogens is 1. The van der Waals surface area contributed by atoms with Crippen molar-refractivity contribution in [3.63, 3.8) is 0 Å². The molecule has 6 nitrogen and oxygen atoms in total. The molecular weight excluding hydrogens is 312 g/mol. The molecule has 0 atom stereocenters. The van der Waals surface area contributed by atoms with E-state index in [4.69, 9.17) is 5.73 Å². The van der Waals surface area contributed by atoms with E-state index < -0.39 is 0 Å². The molecule has 0 spiro atoms. The van der Waals surface area contributed by atoms with Gasteiger partial charge in [-0.15, -0.1) is 0 Å². The maximum Gasteiger partial charge on any atom is 0.221 e. The van der Waals surface area contributed by atoms with Gasteiger partial charge in [0, 0.05) is 30.1 Å². The predicted octanol–water partition coefficient (Wildman–Crippen LogP) is 2.10. The number of benzene rings is 1. The lowest BCUT2D eigenvalue weighted by Crippen LogP contribution is -2.07. The number of nitrogens with two attached hydrogens (primary N) is 1. The van der Waals surface area contributed by atoms with Gasteiger partial charge in [-0.05, 0) is 12.1 Å². The zero-order chi connectivity index (χ0) is 14.2. The number of hydrogen-bond donors (Lipinski definition) is 3. The first-order chi connectivity index (χ1) is 8.90. The number of hydrogen-bond acceptors (Lipinski definition) is 4. The quantitative estimate of drug-likeness (QED) is 0.737. The molecule has 7 heteroatoms. The number of anilines is 2. The number of aromatic hydroxyl groups is 1. The summed E-state index contributed by atoms with van der Waals surface area (Å²) >= 11 is 3.39. The summed E-state index contributed by atoms with van der Waals surface area (Å²) in [7, 11) is 1.72. The van der Waals surface area contributed by atoms with Gasteiger partial charge in [-0.3, -0.25) is 9.48 Å². The Hall–Kier alpha value is -2.02. The molecular formula is C12H13BrN4O2. The Balaban J connectivity index is 2.66. The van der Waals surface area contributed by atoms with Gasteiger partial charge < -0.3 is 16.2 Å². The lowest BCUT2D eigenvalue weighted by Gasteiger charge is -2.12. The standard InChI is InChI=1S/C12H13BrN4O2/c1-6(18)15-12-9(19)4-3-7(13)11(12)8-5-10(14)17(2)16-8/h3-5,19H,14H2,1-2H3,(H,15,18). The molecule has 1 heterocycles. The fourth-order valence-corrected chi connectivity index (χ4v) is 2.26. The van der Waals surface area contributed by atoms with E-state index in [1.807, 2.05) is 0 Å². The lowest BCUT2D eigenvalue weighted by molar-refractivity contribution is -0.114. The number of nitrogens with one attached hydrogen (secondary N) is 1. The number of nitrogen functional groups attached to an aromatic ring is 1. The zero-order valence-electron chi connectivity index (χ0n) is 10.4. The largest absolute Gasteiger partial charge is 0.506 e. The van der Waals surface area contributed by atoms with Crippen molar-refractivity contribution in [2.45, 2.75) is 6.92 Å². The van der Waals surface area contributed by atoms with Crippen LogP contribution in [-0.4, -0.2) is 20.8 Å². The first-order valence-corrected chi connectivity index (χ1v) is 6.28. The molecule has 0 radical (unpaired) electrons. The molecule has 2 rings (SSSR count). The van der Waals surface area contributed by atoms with Crippen molar-refractivity contribution < 1.29 is 9.90 Å². The predicted molar refractivity (Wildman–Crippen MR) is 76.7 cm³/mol. The van der Waals surface area contributed by atoms with Crippen LogP contribution in [0.1, 0.15) is 6.92 Å². The molecule has 100 valence electrons. The number of carbonyl (C=O) groups is 1. The van der Waals surface area contributed by atoms with Crippen molar-refractivity contribution in [2.75, 3.05) is 11.1 Å². The number of rotatable bonds is 2.